The molecule has 16 heteroatoms. The van der Waals surface area contributed by atoms with E-state index < -0.39 is 136 Å². The van der Waals surface area contributed by atoms with Crippen molar-refractivity contribution in [3.63, 3.8) is 0 Å². The molecule has 0 radical (unpaired) electrons. The second-order valence-corrected chi connectivity index (χ2v) is 17.1. The summed E-state index contributed by atoms with van der Waals surface area (Å²) in [5.41, 5.74) is -9.66. The predicted octanol–water partition coefficient (Wildman–Crippen LogP) is 2.45. The number of carbonyl (C=O) groups excluding carboxylic acids is 7. The molecule has 0 unspecified atom stereocenters. The highest BCUT2D eigenvalue weighted by Crippen LogP contribution is 2.78. The average molecular weight is 789 g/mol. The molecule has 4 saturated carbocycles. The molecule has 15 atom stereocenters. The molecule has 6 rings (SSSR count). The lowest BCUT2D eigenvalue weighted by atomic mass is 9.31. The van der Waals surface area contributed by atoms with E-state index in [-0.39, 0.29) is 19.3 Å². The number of esters is 7. The van der Waals surface area contributed by atoms with E-state index in [4.69, 9.17) is 37.9 Å². The Morgan fingerprint density at radius 1 is 0.875 bits per heavy atom. The zero-order valence-corrected chi connectivity index (χ0v) is 33.5. The van der Waals surface area contributed by atoms with E-state index in [2.05, 4.69) is 6.58 Å². The van der Waals surface area contributed by atoms with Crippen molar-refractivity contribution in [2.45, 2.75) is 129 Å². The smallest absolute Gasteiger partial charge is 0.342 e. The van der Waals surface area contributed by atoms with Crippen molar-refractivity contribution in [1.29, 1.82) is 0 Å². The molecule has 0 aromatic heterocycles. The molecule has 0 bridgehead atoms. The average Bonchev–Trinajstić information content (AvgIpc) is 3.87. The molecule has 2 aliphatic heterocycles. The van der Waals surface area contributed by atoms with E-state index in [0.29, 0.717) is 5.57 Å². The third-order valence-electron chi connectivity index (χ3n) is 14.4. The Balaban J connectivity index is 1.72. The number of rotatable bonds is 7. The summed E-state index contributed by atoms with van der Waals surface area (Å²) in [6, 6.07) is 0. The number of epoxide rings is 1. The van der Waals surface area contributed by atoms with Gasteiger partial charge < -0.3 is 43.0 Å². The lowest BCUT2D eigenvalue weighted by Gasteiger charge is -2.74. The summed E-state index contributed by atoms with van der Waals surface area (Å²) in [5, 5.41) is 13.6. The minimum absolute atomic E-state index is 0.133. The first-order chi connectivity index (χ1) is 25.9. The SMILES string of the molecule is C=C1C[C@@]2(O)[C@@H]3CC[C@]4(C)[C@H]([C@H](OC(C)=O)[C@H](OC(C)=O)[C@]5(COC(C)=O)[C@@H](C)OC(=O)C=C[C@@H]45)[C@@]3(C)[C@H](OC(C)=O)[C@H](OC(C)=O)[C@@]2(C)[C@]2(C(=O)OC)O[C@H]12. The van der Waals surface area contributed by atoms with Gasteiger partial charge in [-0.25, -0.2) is 9.59 Å². The number of methoxy groups -OCH3 is 1. The van der Waals surface area contributed by atoms with Gasteiger partial charge >= 0.3 is 41.8 Å². The second kappa shape index (κ2) is 13.4. The molecule has 0 amide bonds. The first kappa shape index (κ1) is 41.3. The Labute approximate surface area is 324 Å². The van der Waals surface area contributed by atoms with Crippen LogP contribution in [-0.4, -0.2) is 108 Å². The highest BCUT2D eigenvalue weighted by Gasteiger charge is 2.91. The number of aliphatic hydroxyl groups is 1. The summed E-state index contributed by atoms with van der Waals surface area (Å²) < 4.78 is 47.9. The fourth-order valence-electron chi connectivity index (χ4n) is 12.6. The Morgan fingerprint density at radius 2 is 1.45 bits per heavy atom. The molecule has 308 valence electrons. The molecule has 0 aromatic rings. The van der Waals surface area contributed by atoms with Crippen LogP contribution in [0.5, 0.6) is 0 Å². The molecule has 6 aliphatic rings. The zero-order valence-electron chi connectivity index (χ0n) is 33.5. The highest BCUT2D eigenvalue weighted by atomic mass is 16.7. The van der Waals surface area contributed by atoms with Gasteiger partial charge in [0.2, 0.25) is 5.60 Å². The summed E-state index contributed by atoms with van der Waals surface area (Å²) in [7, 11) is 1.16. The highest BCUT2D eigenvalue weighted by molar-refractivity contribution is 5.87. The molecule has 0 aromatic carbocycles. The van der Waals surface area contributed by atoms with Crippen LogP contribution in [0.4, 0.5) is 0 Å². The van der Waals surface area contributed by atoms with Crippen LogP contribution in [-0.2, 0) is 71.5 Å². The van der Waals surface area contributed by atoms with Crippen LogP contribution in [0.2, 0.25) is 0 Å². The lowest BCUT2D eigenvalue weighted by Crippen LogP contribution is -2.84. The molecule has 16 nitrogen and oxygen atoms in total. The van der Waals surface area contributed by atoms with Gasteiger partial charge in [-0.05, 0) is 49.5 Å². The summed E-state index contributed by atoms with van der Waals surface area (Å²) in [6.07, 6.45) is -4.93. The van der Waals surface area contributed by atoms with Crippen LogP contribution in [0.15, 0.2) is 24.3 Å². The van der Waals surface area contributed by atoms with Gasteiger partial charge in [-0.3, -0.25) is 24.0 Å². The van der Waals surface area contributed by atoms with Crippen molar-refractivity contribution in [3.05, 3.63) is 24.3 Å². The molecule has 0 spiro atoms. The largest absolute Gasteiger partial charge is 0.467 e. The maximum atomic E-state index is 13.9. The van der Waals surface area contributed by atoms with E-state index >= 15 is 0 Å². The first-order valence-corrected chi connectivity index (χ1v) is 18.8. The van der Waals surface area contributed by atoms with Crippen LogP contribution < -0.4 is 0 Å². The topological polar surface area (TPSA) is 217 Å². The number of ether oxygens (including phenoxy) is 8. The van der Waals surface area contributed by atoms with Crippen molar-refractivity contribution in [2.24, 2.45) is 39.4 Å². The van der Waals surface area contributed by atoms with E-state index in [1.54, 1.807) is 26.8 Å². The van der Waals surface area contributed by atoms with E-state index in [9.17, 15) is 38.7 Å². The summed E-state index contributed by atoms with van der Waals surface area (Å²) in [5.74, 6) is -8.32. The fraction of sp³-hybridized carbons (Fsp3) is 0.725. The Bertz CT molecular complexity index is 1800. The van der Waals surface area contributed by atoms with E-state index in [1.807, 2.05) is 6.92 Å². The van der Waals surface area contributed by atoms with Gasteiger partial charge in [0.25, 0.3) is 0 Å². The molecule has 1 saturated heterocycles. The van der Waals surface area contributed by atoms with Crippen LogP contribution in [0.1, 0.15) is 81.6 Å². The summed E-state index contributed by atoms with van der Waals surface area (Å²) in [4.78, 5) is 92.7. The zero-order chi connectivity index (χ0) is 41.7. The quantitative estimate of drug-likeness (QED) is 0.170. The van der Waals surface area contributed by atoms with Gasteiger partial charge in [-0.15, -0.1) is 0 Å². The lowest BCUT2D eigenvalue weighted by molar-refractivity contribution is -0.357. The number of fused-ring (bicyclic) bond motifs is 9. The molecule has 5 fully saturated rings. The third-order valence-corrected chi connectivity index (χ3v) is 14.4. The normalized spacial score (nSPS) is 45.7. The van der Waals surface area contributed by atoms with Gasteiger partial charge in [0.15, 0.2) is 12.2 Å². The Hall–Kier alpha value is -4.31. The summed E-state index contributed by atoms with van der Waals surface area (Å²) >= 11 is 0. The minimum Gasteiger partial charge on any atom is -0.467 e. The summed E-state index contributed by atoms with van der Waals surface area (Å²) in [6.45, 7) is 16.3. The third kappa shape index (κ3) is 5.33. The fourth-order valence-corrected chi connectivity index (χ4v) is 12.6. The number of carbonyl (C=O) groups is 7. The molecular weight excluding hydrogens is 736 g/mol. The van der Waals surface area contributed by atoms with Crippen LogP contribution in [0.25, 0.3) is 0 Å². The van der Waals surface area contributed by atoms with Gasteiger partial charge in [0.05, 0.1) is 23.5 Å². The number of hydrogen-bond donors (Lipinski definition) is 1. The first-order valence-electron chi connectivity index (χ1n) is 18.8. The van der Waals surface area contributed by atoms with Crippen LogP contribution in [0, 0.1) is 39.4 Å². The molecule has 4 aliphatic carbocycles. The molecule has 56 heavy (non-hydrogen) atoms. The molecule has 2 heterocycles. The maximum absolute atomic E-state index is 13.9. The number of cyclic esters (lactones) is 1. The Kier molecular flexibility index (Phi) is 9.88. The van der Waals surface area contributed by atoms with Gasteiger partial charge in [0, 0.05) is 58.4 Å². The predicted molar refractivity (Wildman–Crippen MR) is 188 cm³/mol. The number of hydrogen-bond acceptors (Lipinski definition) is 16. The van der Waals surface area contributed by atoms with Crippen LogP contribution >= 0.6 is 0 Å². The van der Waals surface area contributed by atoms with Gasteiger partial charge in [-0.1, -0.05) is 26.5 Å². The van der Waals surface area contributed by atoms with Gasteiger partial charge in [0.1, 0.15) is 31.0 Å². The van der Waals surface area contributed by atoms with Crippen molar-refractivity contribution in [2.75, 3.05) is 13.7 Å². The monoisotopic (exact) mass is 788 g/mol. The van der Waals surface area contributed by atoms with Crippen molar-refractivity contribution in [1.82, 2.24) is 0 Å². The molecular formula is C40H52O16. The molecule has 1 N–H and O–H groups in total. The van der Waals surface area contributed by atoms with Crippen molar-refractivity contribution in [3.8, 4) is 0 Å². The van der Waals surface area contributed by atoms with E-state index in [1.165, 1.54) is 26.8 Å². The van der Waals surface area contributed by atoms with Crippen molar-refractivity contribution >= 4 is 41.8 Å². The Morgan fingerprint density at radius 3 is 2.00 bits per heavy atom. The standard InChI is InChI=1S/C40H52O16/c1-18-16-39(48)26-14-15-35(8)25-12-13-27(46)51-19(2)38(25,17-50-20(3)41)31(53-22(5)43)28(52-21(4)42)29(35)36(26,9)32(54-23(6)44)33(55-24(7)45)37(39,10)40(30(18)56-40)34(47)49-11/h12-13,19,25-26,28-33,48H,1,14-17H2,2-11H3/t19-,25+,26-,28+,29+,30-,31+,32-,33+,35+,36+,37-,38-,39-,40+/m1/s1. The maximum Gasteiger partial charge on any atom is 0.342 e. The van der Waals surface area contributed by atoms with Gasteiger partial charge in [-0.2, -0.15) is 0 Å². The minimum atomic E-state index is -2.01. The van der Waals surface area contributed by atoms with Crippen molar-refractivity contribution < 1.29 is 76.6 Å². The second-order valence-electron chi connectivity index (χ2n) is 17.1. The van der Waals surface area contributed by atoms with E-state index in [0.717, 1.165) is 21.0 Å². The van der Waals surface area contributed by atoms with Crippen LogP contribution in [0.3, 0.4) is 0 Å². The number of allylic oxidation sites excluding steroid dienone is 1.